The average Bonchev–Trinajstić information content (AvgIpc) is 3.09. The zero-order chi connectivity index (χ0) is 13.1. The Morgan fingerprint density at radius 3 is 2.80 bits per heavy atom. The zero-order valence-corrected chi connectivity index (χ0v) is 12.4. The number of aromatic nitrogens is 2. The lowest BCUT2D eigenvalue weighted by Gasteiger charge is -2.03. The Hall–Kier alpha value is -1.39. The molecule has 2 aromatic rings. The SMILES string of the molecule is Cc1ccc(-c2noc(CCC3CCNC3)n2)cc1.Cl. The summed E-state index contributed by atoms with van der Waals surface area (Å²) in [5, 5.41) is 7.44. The highest BCUT2D eigenvalue weighted by Gasteiger charge is 2.16. The smallest absolute Gasteiger partial charge is 0.226 e. The van der Waals surface area contributed by atoms with Gasteiger partial charge in [0.2, 0.25) is 11.7 Å². The molecular formula is C15H20ClN3O. The minimum Gasteiger partial charge on any atom is -0.339 e. The van der Waals surface area contributed by atoms with Crippen molar-refractivity contribution in [2.24, 2.45) is 5.92 Å². The number of hydrogen-bond donors (Lipinski definition) is 1. The third-order valence-corrected chi connectivity index (χ3v) is 3.71. The van der Waals surface area contributed by atoms with Gasteiger partial charge in [-0.15, -0.1) is 12.4 Å². The molecule has 0 amide bonds. The van der Waals surface area contributed by atoms with E-state index in [-0.39, 0.29) is 12.4 Å². The fourth-order valence-electron chi connectivity index (χ4n) is 2.46. The van der Waals surface area contributed by atoms with Crippen LogP contribution in [-0.2, 0) is 6.42 Å². The summed E-state index contributed by atoms with van der Waals surface area (Å²) in [4.78, 5) is 4.47. The van der Waals surface area contributed by atoms with Crippen molar-refractivity contribution >= 4 is 12.4 Å². The molecular weight excluding hydrogens is 274 g/mol. The fourth-order valence-corrected chi connectivity index (χ4v) is 2.46. The van der Waals surface area contributed by atoms with E-state index in [2.05, 4.69) is 34.5 Å². The van der Waals surface area contributed by atoms with Crippen molar-refractivity contribution in [3.05, 3.63) is 35.7 Å². The summed E-state index contributed by atoms with van der Waals surface area (Å²) in [6.07, 6.45) is 3.27. The van der Waals surface area contributed by atoms with E-state index in [1.54, 1.807) is 0 Å². The number of halogens is 1. The normalized spacial score (nSPS) is 17.9. The van der Waals surface area contributed by atoms with Gasteiger partial charge in [0, 0.05) is 12.0 Å². The van der Waals surface area contributed by atoms with E-state index in [0.717, 1.165) is 43.3 Å². The second kappa shape index (κ2) is 6.86. The van der Waals surface area contributed by atoms with Crippen molar-refractivity contribution < 1.29 is 4.52 Å². The summed E-state index contributed by atoms with van der Waals surface area (Å²) in [5.41, 5.74) is 2.25. The van der Waals surface area contributed by atoms with Gasteiger partial charge in [-0.3, -0.25) is 0 Å². The van der Waals surface area contributed by atoms with E-state index in [1.807, 2.05) is 12.1 Å². The summed E-state index contributed by atoms with van der Waals surface area (Å²) in [6, 6.07) is 8.20. The number of rotatable bonds is 4. The van der Waals surface area contributed by atoms with Crippen LogP contribution in [0.2, 0.25) is 0 Å². The molecule has 1 aromatic heterocycles. The largest absolute Gasteiger partial charge is 0.339 e. The van der Waals surface area contributed by atoms with Gasteiger partial charge in [0.15, 0.2) is 0 Å². The lowest BCUT2D eigenvalue weighted by atomic mass is 10.0. The van der Waals surface area contributed by atoms with Gasteiger partial charge in [-0.25, -0.2) is 0 Å². The van der Waals surface area contributed by atoms with Crippen LogP contribution in [0.1, 0.15) is 24.3 Å². The molecule has 1 atom stereocenters. The summed E-state index contributed by atoms with van der Waals surface area (Å²) < 4.78 is 5.33. The molecule has 1 N–H and O–H groups in total. The van der Waals surface area contributed by atoms with Crippen LogP contribution in [0.15, 0.2) is 28.8 Å². The molecule has 20 heavy (non-hydrogen) atoms. The molecule has 2 heterocycles. The second-order valence-electron chi connectivity index (χ2n) is 5.28. The fraction of sp³-hybridized carbons (Fsp3) is 0.467. The van der Waals surface area contributed by atoms with Crippen LogP contribution in [0.25, 0.3) is 11.4 Å². The maximum atomic E-state index is 5.33. The Labute approximate surface area is 125 Å². The molecule has 1 fully saturated rings. The van der Waals surface area contributed by atoms with Crippen LogP contribution in [0, 0.1) is 12.8 Å². The number of nitrogens with one attached hydrogen (secondary N) is 1. The summed E-state index contributed by atoms with van der Waals surface area (Å²) in [5.74, 6) is 2.21. The first kappa shape index (κ1) is 15.0. The highest BCUT2D eigenvalue weighted by molar-refractivity contribution is 5.85. The van der Waals surface area contributed by atoms with Gasteiger partial charge in [0.1, 0.15) is 0 Å². The minimum atomic E-state index is 0. The van der Waals surface area contributed by atoms with Crippen molar-refractivity contribution in [1.29, 1.82) is 0 Å². The molecule has 3 rings (SSSR count). The Morgan fingerprint density at radius 2 is 2.10 bits per heavy atom. The van der Waals surface area contributed by atoms with Crippen molar-refractivity contribution in [1.82, 2.24) is 15.5 Å². The van der Waals surface area contributed by atoms with Crippen LogP contribution in [-0.4, -0.2) is 23.2 Å². The standard InChI is InChI=1S/C15H19N3O.ClH/c1-11-2-5-13(6-3-11)15-17-14(19-18-15)7-4-12-8-9-16-10-12;/h2-3,5-6,12,16H,4,7-10H2,1H3;1H. The monoisotopic (exact) mass is 293 g/mol. The minimum absolute atomic E-state index is 0. The molecule has 0 saturated carbocycles. The van der Waals surface area contributed by atoms with E-state index < -0.39 is 0 Å². The molecule has 0 bridgehead atoms. The number of hydrogen-bond acceptors (Lipinski definition) is 4. The predicted octanol–water partition coefficient (Wildman–Crippen LogP) is 3.01. The van der Waals surface area contributed by atoms with E-state index in [9.17, 15) is 0 Å². The molecule has 1 aliphatic heterocycles. The molecule has 1 aliphatic rings. The van der Waals surface area contributed by atoms with Crippen LogP contribution < -0.4 is 5.32 Å². The maximum Gasteiger partial charge on any atom is 0.226 e. The summed E-state index contributed by atoms with van der Waals surface area (Å²) in [6.45, 7) is 4.34. The van der Waals surface area contributed by atoms with Crippen molar-refractivity contribution in [2.75, 3.05) is 13.1 Å². The lowest BCUT2D eigenvalue weighted by molar-refractivity contribution is 0.365. The first-order valence-corrected chi connectivity index (χ1v) is 6.91. The van der Waals surface area contributed by atoms with Crippen molar-refractivity contribution in [3.8, 4) is 11.4 Å². The lowest BCUT2D eigenvalue weighted by Crippen LogP contribution is -2.09. The van der Waals surface area contributed by atoms with Crippen LogP contribution >= 0.6 is 12.4 Å². The topological polar surface area (TPSA) is 51.0 Å². The van der Waals surface area contributed by atoms with E-state index >= 15 is 0 Å². The summed E-state index contributed by atoms with van der Waals surface area (Å²) in [7, 11) is 0. The Bertz CT molecular complexity index is 532. The predicted molar refractivity (Wildman–Crippen MR) is 81.0 cm³/mol. The Kier molecular flexibility index (Phi) is 5.15. The molecule has 4 nitrogen and oxygen atoms in total. The highest BCUT2D eigenvalue weighted by Crippen LogP contribution is 2.19. The van der Waals surface area contributed by atoms with Gasteiger partial charge in [-0.2, -0.15) is 4.98 Å². The molecule has 5 heteroatoms. The zero-order valence-electron chi connectivity index (χ0n) is 11.6. The van der Waals surface area contributed by atoms with Gasteiger partial charge in [-0.1, -0.05) is 35.0 Å². The first-order valence-electron chi connectivity index (χ1n) is 6.91. The van der Waals surface area contributed by atoms with Gasteiger partial charge >= 0.3 is 0 Å². The molecule has 1 unspecified atom stereocenters. The third kappa shape index (κ3) is 3.58. The maximum absolute atomic E-state index is 5.33. The molecule has 1 saturated heterocycles. The molecule has 108 valence electrons. The van der Waals surface area contributed by atoms with Gasteiger partial charge in [0.25, 0.3) is 0 Å². The quantitative estimate of drug-likeness (QED) is 0.941. The van der Waals surface area contributed by atoms with Gasteiger partial charge in [-0.05, 0) is 38.8 Å². The molecule has 0 aliphatic carbocycles. The number of aryl methyl sites for hydroxylation is 2. The van der Waals surface area contributed by atoms with Crippen LogP contribution in [0.5, 0.6) is 0 Å². The Morgan fingerprint density at radius 1 is 1.30 bits per heavy atom. The first-order chi connectivity index (χ1) is 9.31. The highest BCUT2D eigenvalue weighted by atomic mass is 35.5. The Balaban J connectivity index is 0.00000147. The number of nitrogens with zero attached hydrogens (tertiary/aromatic N) is 2. The van der Waals surface area contributed by atoms with Crippen LogP contribution in [0.3, 0.4) is 0 Å². The van der Waals surface area contributed by atoms with Crippen LogP contribution in [0.4, 0.5) is 0 Å². The molecule has 1 aromatic carbocycles. The number of benzene rings is 1. The summed E-state index contributed by atoms with van der Waals surface area (Å²) >= 11 is 0. The average molecular weight is 294 g/mol. The third-order valence-electron chi connectivity index (χ3n) is 3.71. The van der Waals surface area contributed by atoms with E-state index in [0.29, 0.717) is 5.82 Å². The van der Waals surface area contributed by atoms with Gasteiger partial charge < -0.3 is 9.84 Å². The molecule has 0 spiro atoms. The van der Waals surface area contributed by atoms with E-state index in [4.69, 9.17) is 4.52 Å². The van der Waals surface area contributed by atoms with Crippen molar-refractivity contribution in [3.63, 3.8) is 0 Å². The van der Waals surface area contributed by atoms with Gasteiger partial charge in [0.05, 0.1) is 0 Å². The second-order valence-corrected chi connectivity index (χ2v) is 5.28. The van der Waals surface area contributed by atoms with Crippen molar-refractivity contribution in [2.45, 2.75) is 26.2 Å². The van der Waals surface area contributed by atoms with E-state index in [1.165, 1.54) is 12.0 Å². The molecule has 0 radical (unpaired) electrons.